The van der Waals surface area contributed by atoms with Crippen molar-refractivity contribution in [3.63, 3.8) is 0 Å². The smallest absolute Gasteiger partial charge is 0.173 e. The van der Waals surface area contributed by atoms with E-state index in [0.717, 1.165) is 12.1 Å². The molecule has 2 aromatic rings. The molecule has 100 valence electrons. The molecule has 0 radical (unpaired) electrons. The molecule has 0 saturated heterocycles. The van der Waals surface area contributed by atoms with Gasteiger partial charge < -0.3 is 15.7 Å². The lowest BCUT2D eigenvalue weighted by Gasteiger charge is -2.10. The summed E-state index contributed by atoms with van der Waals surface area (Å²) in [6.07, 6.45) is 0.793. The molecule has 0 spiro atoms. The number of para-hydroxylation sites is 1. The largest absolute Gasteiger partial charge is 0.492 e. The van der Waals surface area contributed by atoms with Gasteiger partial charge in [0.05, 0.1) is 23.4 Å². The third-order valence-corrected chi connectivity index (χ3v) is 3.70. The normalized spacial score (nSPS) is 11.5. The van der Waals surface area contributed by atoms with Crippen molar-refractivity contribution in [1.29, 1.82) is 0 Å². The van der Waals surface area contributed by atoms with Crippen molar-refractivity contribution in [2.75, 3.05) is 6.61 Å². The Labute approximate surface area is 115 Å². The van der Waals surface area contributed by atoms with Crippen LogP contribution in [0.5, 0.6) is 5.75 Å². The summed E-state index contributed by atoms with van der Waals surface area (Å²) < 4.78 is 5.70. The third kappa shape index (κ3) is 3.23. The number of oxime groups is 1. The van der Waals surface area contributed by atoms with Crippen molar-refractivity contribution in [1.82, 2.24) is 4.98 Å². The first kappa shape index (κ1) is 13.4. The lowest BCUT2D eigenvalue weighted by molar-refractivity contribution is 0.314. The summed E-state index contributed by atoms with van der Waals surface area (Å²) >= 11 is 1.62. The maximum absolute atomic E-state index is 8.73. The zero-order chi connectivity index (χ0) is 13.7. The van der Waals surface area contributed by atoms with Gasteiger partial charge in [0.1, 0.15) is 5.75 Å². The Morgan fingerprint density at radius 3 is 2.95 bits per heavy atom. The van der Waals surface area contributed by atoms with Gasteiger partial charge in [-0.2, -0.15) is 0 Å². The molecule has 1 aromatic carbocycles. The van der Waals surface area contributed by atoms with E-state index in [2.05, 4.69) is 10.1 Å². The first-order valence-electron chi connectivity index (χ1n) is 5.81. The van der Waals surface area contributed by atoms with Gasteiger partial charge in [0.15, 0.2) is 5.84 Å². The second kappa shape index (κ2) is 6.19. The molecule has 0 saturated carbocycles. The van der Waals surface area contributed by atoms with E-state index >= 15 is 0 Å². The van der Waals surface area contributed by atoms with E-state index in [1.165, 1.54) is 4.88 Å². The van der Waals surface area contributed by atoms with E-state index in [-0.39, 0.29) is 5.84 Å². The lowest BCUT2D eigenvalue weighted by atomic mass is 10.2. The molecule has 0 atom stereocenters. The fourth-order valence-corrected chi connectivity index (χ4v) is 2.44. The molecule has 1 aromatic heterocycles. The molecule has 0 fully saturated rings. The molecule has 19 heavy (non-hydrogen) atoms. The molecule has 0 amide bonds. The predicted octanol–water partition coefficient (Wildman–Crippen LogP) is 2.17. The van der Waals surface area contributed by atoms with E-state index in [9.17, 15) is 0 Å². The quantitative estimate of drug-likeness (QED) is 0.380. The van der Waals surface area contributed by atoms with Gasteiger partial charge in [-0.05, 0) is 19.1 Å². The molecular formula is C13H15N3O2S. The van der Waals surface area contributed by atoms with Crippen LogP contribution in [0.1, 0.15) is 16.1 Å². The molecule has 5 nitrogen and oxygen atoms in total. The third-order valence-electron chi connectivity index (χ3n) is 2.70. The number of aryl methyl sites for hydroxylation is 1. The van der Waals surface area contributed by atoms with Crippen LogP contribution in [0.4, 0.5) is 0 Å². The molecule has 2 rings (SSSR count). The van der Waals surface area contributed by atoms with Crippen LogP contribution in [0.15, 0.2) is 34.9 Å². The number of amidine groups is 1. The number of hydrogen-bond donors (Lipinski definition) is 2. The summed E-state index contributed by atoms with van der Waals surface area (Å²) in [4.78, 5) is 5.40. The average molecular weight is 277 g/mol. The fraction of sp³-hybridized carbons (Fsp3) is 0.231. The summed E-state index contributed by atoms with van der Waals surface area (Å²) in [5.41, 5.74) is 9.05. The molecule has 1 heterocycles. The molecule has 0 unspecified atom stereocenters. The van der Waals surface area contributed by atoms with Crippen molar-refractivity contribution in [2.24, 2.45) is 10.9 Å². The number of hydrogen-bond acceptors (Lipinski definition) is 5. The maximum Gasteiger partial charge on any atom is 0.173 e. The van der Waals surface area contributed by atoms with Crippen LogP contribution in [0, 0.1) is 6.92 Å². The Morgan fingerprint density at radius 1 is 1.47 bits per heavy atom. The summed E-state index contributed by atoms with van der Waals surface area (Å²) in [6, 6.07) is 7.21. The van der Waals surface area contributed by atoms with Gasteiger partial charge >= 0.3 is 0 Å². The number of nitrogens with zero attached hydrogens (tertiary/aromatic N) is 2. The number of nitrogens with two attached hydrogens (primary N) is 1. The highest BCUT2D eigenvalue weighted by atomic mass is 32.1. The molecule has 0 aliphatic heterocycles. The maximum atomic E-state index is 8.73. The monoisotopic (exact) mass is 277 g/mol. The van der Waals surface area contributed by atoms with Crippen LogP contribution in [0.25, 0.3) is 0 Å². The van der Waals surface area contributed by atoms with Gasteiger partial charge in [-0.3, -0.25) is 0 Å². The second-order valence-electron chi connectivity index (χ2n) is 3.94. The van der Waals surface area contributed by atoms with E-state index in [1.54, 1.807) is 23.5 Å². The van der Waals surface area contributed by atoms with Crippen LogP contribution in [0.3, 0.4) is 0 Å². The van der Waals surface area contributed by atoms with E-state index in [1.807, 2.05) is 24.6 Å². The Bertz CT molecular complexity index is 581. The van der Waals surface area contributed by atoms with Gasteiger partial charge in [0, 0.05) is 11.3 Å². The van der Waals surface area contributed by atoms with E-state index in [0.29, 0.717) is 17.9 Å². The molecule has 0 aliphatic rings. The Morgan fingerprint density at radius 2 is 2.26 bits per heavy atom. The van der Waals surface area contributed by atoms with Crippen molar-refractivity contribution in [3.8, 4) is 5.75 Å². The SMILES string of the molecule is Cc1ncsc1CCOc1ccccc1/C(N)=N/O. The van der Waals surface area contributed by atoms with Crippen LogP contribution in [-0.2, 0) is 6.42 Å². The van der Waals surface area contributed by atoms with Crippen molar-refractivity contribution >= 4 is 17.2 Å². The molecule has 0 bridgehead atoms. The highest BCUT2D eigenvalue weighted by Gasteiger charge is 2.08. The minimum Gasteiger partial charge on any atom is -0.492 e. The zero-order valence-electron chi connectivity index (χ0n) is 10.5. The van der Waals surface area contributed by atoms with E-state index < -0.39 is 0 Å². The highest BCUT2D eigenvalue weighted by molar-refractivity contribution is 7.09. The number of thiazole rings is 1. The summed E-state index contributed by atoms with van der Waals surface area (Å²) in [7, 11) is 0. The molecule has 0 aliphatic carbocycles. The standard InChI is InChI=1S/C13H15N3O2S/c1-9-12(19-8-15-9)6-7-18-11-5-3-2-4-10(11)13(14)16-17/h2-5,8,17H,6-7H2,1H3,(H2,14,16). The minimum absolute atomic E-state index is 0.0459. The Balaban J connectivity index is 2.02. The number of rotatable bonds is 5. The Kier molecular flexibility index (Phi) is 4.35. The van der Waals surface area contributed by atoms with Crippen molar-refractivity contribution < 1.29 is 9.94 Å². The average Bonchev–Trinajstić information content (AvgIpc) is 2.84. The van der Waals surface area contributed by atoms with Crippen LogP contribution >= 0.6 is 11.3 Å². The first-order chi connectivity index (χ1) is 9.22. The van der Waals surface area contributed by atoms with Crippen LogP contribution < -0.4 is 10.5 Å². The fourth-order valence-electron chi connectivity index (χ4n) is 1.68. The van der Waals surface area contributed by atoms with E-state index in [4.69, 9.17) is 15.7 Å². The minimum atomic E-state index is 0.0459. The zero-order valence-corrected chi connectivity index (χ0v) is 11.4. The summed E-state index contributed by atoms with van der Waals surface area (Å²) in [6.45, 7) is 2.51. The molecule has 3 N–H and O–H groups in total. The number of ether oxygens (including phenoxy) is 1. The first-order valence-corrected chi connectivity index (χ1v) is 6.69. The van der Waals surface area contributed by atoms with Gasteiger partial charge in [-0.1, -0.05) is 17.3 Å². The molecule has 6 heteroatoms. The number of benzene rings is 1. The van der Waals surface area contributed by atoms with Crippen molar-refractivity contribution in [3.05, 3.63) is 45.9 Å². The van der Waals surface area contributed by atoms with Crippen molar-refractivity contribution in [2.45, 2.75) is 13.3 Å². The highest BCUT2D eigenvalue weighted by Crippen LogP contribution is 2.19. The van der Waals surface area contributed by atoms with Gasteiger partial charge in [0.2, 0.25) is 0 Å². The van der Waals surface area contributed by atoms with Crippen LogP contribution in [-0.4, -0.2) is 22.6 Å². The van der Waals surface area contributed by atoms with Gasteiger partial charge in [-0.25, -0.2) is 4.98 Å². The topological polar surface area (TPSA) is 80.7 Å². The predicted molar refractivity (Wildman–Crippen MR) is 75.0 cm³/mol. The van der Waals surface area contributed by atoms with Gasteiger partial charge in [0.25, 0.3) is 0 Å². The Hall–Kier alpha value is -2.08. The summed E-state index contributed by atoms with van der Waals surface area (Å²) in [5.74, 6) is 0.657. The van der Waals surface area contributed by atoms with Gasteiger partial charge in [-0.15, -0.1) is 11.3 Å². The van der Waals surface area contributed by atoms with Crippen LogP contribution in [0.2, 0.25) is 0 Å². The summed E-state index contributed by atoms with van der Waals surface area (Å²) in [5, 5.41) is 11.7. The lowest BCUT2D eigenvalue weighted by Crippen LogP contribution is -2.15. The molecular weight excluding hydrogens is 262 g/mol. The second-order valence-corrected chi connectivity index (χ2v) is 4.88. The number of aromatic nitrogens is 1.